The summed E-state index contributed by atoms with van der Waals surface area (Å²) in [5.74, 6) is 0.593. The standard InChI is InChI=1S/C13H14ClN5O2/c1-8(20)15-9-6-4-5-7-10(9)21-13-17-11(14)16-12(18-13)19(2)3/h4-7H,1-3H3,(H,15,20). The Morgan fingerprint density at radius 2 is 1.95 bits per heavy atom. The minimum absolute atomic E-state index is 0.0284. The van der Waals surface area contributed by atoms with Gasteiger partial charge in [0.1, 0.15) is 0 Å². The van der Waals surface area contributed by atoms with Crippen LogP contribution in [0.15, 0.2) is 24.3 Å². The van der Waals surface area contributed by atoms with Crippen molar-refractivity contribution >= 4 is 29.1 Å². The first-order valence-corrected chi connectivity index (χ1v) is 6.47. The van der Waals surface area contributed by atoms with E-state index in [1.165, 1.54) is 6.92 Å². The minimum atomic E-state index is -0.200. The molecule has 1 aromatic heterocycles. The number of amides is 1. The number of nitrogens with one attached hydrogen (secondary N) is 1. The molecular weight excluding hydrogens is 294 g/mol. The van der Waals surface area contributed by atoms with Crippen molar-refractivity contribution in [2.75, 3.05) is 24.3 Å². The average Bonchev–Trinajstić information content (AvgIpc) is 2.39. The van der Waals surface area contributed by atoms with E-state index in [-0.39, 0.29) is 17.2 Å². The molecule has 1 heterocycles. The van der Waals surface area contributed by atoms with Gasteiger partial charge in [-0.05, 0) is 23.7 Å². The molecule has 0 aliphatic heterocycles. The number of hydrogen-bond donors (Lipinski definition) is 1. The predicted octanol–water partition coefficient (Wildman–Crippen LogP) is 2.34. The Morgan fingerprint density at radius 3 is 2.62 bits per heavy atom. The number of para-hydroxylation sites is 2. The van der Waals surface area contributed by atoms with Crippen LogP contribution in [0, 0.1) is 0 Å². The number of aromatic nitrogens is 3. The quantitative estimate of drug-likeness (QED) is 0.934. The molecule has 0 aliphatic carbocycles. The van der Waals surface area contributed by atoms with Gasteiger partial charge in [-0.25, -0.2) is 0 Å². The van der Waals surface area contributed by atoms with E-state index >= 15 is 0 Å². The molecule has 0 radical (unpaired) electrons. The molecule has 0 fully saturated rings. The second-order valence-corrected chi connectivity index (χ2v) is 4.70. The van der Waals surface area contributed by atoms with Gasteiger partial charge in [0.05, 0.1) is 5.69 Å². The molecule has 0 saturated heterocycles. The van der Waals surface area contributed by atoms with Gasteiger partial charge >= 0.3 is 6.01 Å². The monoisotopic (exact) mass is 307 g/mol. The van der Waals surface area contributed by atoms with E-state index in [2.05, 4.69) is 20.3 Å². The number of hydrogen-bond acceptors (Lipinski definition) is 6. The van der Waals surface area contributed by atoms with Gasteiger partial charge in [0.2, 0.25) is 17.1 Å². The molecule has 1 aromatic carbocycles. The van der Waals surface area contributed by atoms with Gasteiger partial charge in [-0.3, -0.25) is 4.79 Å². The van der Waals surface area contributed by atoms with E-state index in [0.717, 1.165) is 0 Å². The highest BCUT2D eigenvalue weighted by molar-refractivity contribution is 6.28. The average molecular weight is 308 g/mol. The number of carbonyl (C=O) groups is 1. The van der Waals surface area contributed by atoms with Gasteiger partial charge in [-0.1, -0.05) is 12.1 Å². The van der Waals surface area contributed by atoms with Crippen LogP contribution in [0.5, 0.6) is 11.8 Å². The van der Waals surface area contributed by atoms with Crippen LogP contribution in [0.3, 0.4) is 0 Å². The Hall–Kier alpha value is -2.41. The first-order valence-electron chi connectivity index (χ1n) is 6.09. The molecule has 0 spiro atoms. The maximum atomic E-state index is 11.2. The summed E-state index contributed by atoms with van der Waals surface area (Å²) in [6.45, 7) is 1.42. The Morgan fingerprint density at radius 1 is 1.24 bits per heavy atom. The molecule has 2 rings (SSSR count). The summed E-state index contributed by atoms with van der Waals surface area (Å²) in [6, 6.07) is 7.02. The first kappa shape index (κ1) is 15.0. The van der Waals surface area contributed by atoms with Gasteiger partial charge < -0.3 is 15.0 Å². The topological polar surface area (TPSA) is 80.2 Å². The fraction of sp³-hybridized carbons (Fsp3) is 0.231. The summed E-state index contributed by atoms with van der Waals surface area (Å²) in [7, 11) is 3.56. The molecule has 7 nitrogen and oxygen atoms in total. The molecule has 0 saturated carbocycles. The van der Waals surface area contributed by atoms with Crippen molar-refractivity contribution in [1.82, 2.24) is 15.0 Å². The van der Waals surface area contributed by atoms with Crippen LogP contribution in [0.25, 0.3) is 0 Å². The molecule has 0 atom stereocenters. The van der Waals surface area contributed by atoms with Crippen molar-refractivity contribution in [3.8, 4) is 11.8 Å². The van der Waals surface area contributed by atoms with Crippen LogP contribution < -0.4 is 15.0 Å². The second-order valence-electron chi connectivity index (χ2n) is 4.36. The third kappa shape index (κ3) is 4.03. The van der Waals surface area contributed by atoms with Crippen LogP contribution in [-0.2, 0) is 4.79 Å². The van der Waals surface area contributed by atoms with Crippen molar-refractivity contribution in [3.63, 3.8) is 0 Å². The third-order valence-electron chi connectivity index (χ3n) is 2.37. The molecule has 110 valence electrons. The van der Waals surface area contributed by atoms with Crippen molar-refractivity contribution in [1.29, 1.82) is 0 Å². The van der Waals surface area contributed by atoms with Crippen LogP contribution in [0.1, 0.15) is 6.92 Å². The van der Waals surface area contributed by atoms with Crippen molar-refractivity contribution in [3.05, 3.63) is 29.5 Å². The van der Waals surface area contributed by atoms with Gasteiger partial charge in [0.15, 0.2) is 5.75 Å². The second kappa shape index (κ2) is 6.36. The molecule has 0 aliphatic rings. The van der Waals surface area contributed by atoms with Gasteiger partial charge in [0, 0.05) is 21.0 Å². The van der Waals surface area contributed by atoms with Crippen LogP contribution in [0.2, 0.25) is 5.28 Å². The smallest absolute Gasteiger partial charge is 0.328 e. The van der Waals surface area contributed by atoms with E-state index in [9.17, 15) is 4.79 Å². The Labute approximate surface area is 126 Å². The summed E-state index contributed by atoms with van der Waals surface area (Å²) in [4.78, 5) is 24.9. The zero-order chi connectivity index (χ0) is 15.4. The highest BCUT2D eigenvalue weighted by Gasteiger charge is 2.11. The molecule has 0 bridgehead atoms. The Balaban J connectivity index is 2.32. The number of anilines is 2. The lowest BCUT2D eigenvalue weighted by molar-refractivity contribution is -0.114. The number of rotatable bonds is 4. The number of halogens is 1. The normalized spacial score (nSPS) is 10.1. The molecule has 1 N–H and O–H groups in total. The summed E-state index contributed by atoms with van der Waals surface area (Å²) < 4.78 is 5.59. The van der Waals surface area contributed by atoms with Crippen LogP contribution in [-0.4, -0.2) is 35.0 Å². The lowest BCUT2D eigenvalue weighted by Gasteiger charge is -2.13. The van der Waals surface area contributed by atoms with Gasteiger partial charge in [0.25, 0.3) is 0 Å². The first-order chi connectivity index (χ1) is 9.95. The van der Waals surface area contributed by atoms with Gasteiger partial charge in [-0.15, -0.1) is 0 Å². The van der Waals surface area contributed by atoms with E-state index in [1.54, 1.807) is 43.3 Å². The largest absolute Gasteiger partial charge is 0.422 e. The number of nitrogens with zero attached hydrogens (tertiary/aromatic N) is 4. The SMILES string of the molecule is CC(=O)Nc1ccccc1Oc1nc(Cl)nc(N(C)C)n1. The predicted molar refractivity (Wildman–Crippen MR) is 80.0 cm³/mol. The van der Waals surface area contributed by atoms with E-state index in [4.69, 9.17) is 16.3 Å². The van der Waals surface area contributed by atoms with E-state index < -0.39 is 0 Å². The van der Waals surface area contributed by atoms with E-state index in [0.29, 0.717) is 17.4 Å². The number of benzene rings is 1. The lowest BCUT2D eigenvalue weighted by Crippen LogP contribution is -2.14. The van der Waals surface area contributed by atoms with Crippen molar-refractivity contribution < 1.29 is 9.53 Å². The Bertz CT molecular complexity index is 663. The van der Waals surface area contributed by atoms with Gasteiger partial charge in [-0.2, -0.15) is 15.0 Å². The fourth-order valence-electron chi connectivity index (χ4n) is 1.51. The third-order valence-corrected chi connectivity index (χ3v) is 2.54. The number of carbonyl (C=O) groups excluding carboxylic acids is 1. The zero-order valence-corrected chi connectivity index (χ0v) is 12.5. The Kier molecular flexibility index (Phi) is 4.54. The molecule has 21 heavy (non-hydrogen) atoms. The summed E-state index contributed by atoms with van der Waals surface area (Å²) in [5, 5.41) is 2.70. The lowest BCUT2D eigenvalue weighted by atomic mass is 10.3. The molecule has 8 heteroatoms. The minimum Gasteiger partial charge on any atom is -0.422 e. The maximum absolute atomic E-state index is 11.2. The zero-order valence-electron chi connectivity index (χ0n) is 11.8. The number of ether oxygens (including phenoxy) is 1. The molecule has 1 amide bonds. The highest BCUT2D eigenvalue weighted by atomic mass is 35.5. The summed E-state index contributed by atoms with van der Waals surface area (Å²) in [5.41, 5.74) is 0.521. The molecule has 0 unspecified atom stereocenters. The fourth-order valence-corrected chi connectivity index (χ4v) is 1.66. The van der Waals surface area contributed by atoms with E-state index in [1.807, 2.05) is 0 Å². The maximum Gasteiger partial charge on any atom is 0.328 e. The van der Waals surface area contributed by atoms with Crippen molar-refractivity contribution in [2.45, 2.75) is 6.92 Å². The van der Waals surface area contributed by atoms with Crippen molar-refractivity contribution in [2.24, 2.45) is 0 Å². The molecular formula is C13H14ClN5O2. The molecule has 2 aromatic rings. The van der Waals surface area contributed by atoms with Crippen LogP contribution in [0.4, 0.5) is 11.6 Å². The summed E-state index contributed by atoms with van der Waals surface area (Å²) in [6.07, 6.45) is 0. The summed E-state index contributed by atoms with van der Waals surface area (Å²) >= 11 is 5.85. The van der Waals surface area contributed by atoms with Crippen LogP contribution >= 0.6 is 11.6 Å². The highest BCUT2D eigenvalue weighted by Crippen LogP contribution is 2.28.